The van der Waals surface area contributed by atoms with Gasteiger partial charge in [-0.1, -0.05) is 41.9 Å². The van der Waals surface area contributed by atoms with Crippen molar-refractivity contribution in [3.8, 4) is 5.69 Å². The molecule has 6 heteroatoms. The smallest absolute Gasteiger partial charge is 0.280 e. The summed E-state index contributed by atoms with van der Waals surface area (Å²) in [5.41, 5.74) is 0.521. The molecule has 0 radical (unpaired) electrons. The van der Waals surface area contributed by atoms with Crippen LogP contribution in [-0.4, -0.2) is 15.7 Å². The maximum Gasteiger partial charge on any atom is 0.280 e. The lowest BCUT2D eigenvalue weighted by Crippen LogP contribution is -2.25. The number of para-hydroxylation sites is 2. The van der Waals surface area contributed by atoms with Crippen molar-refractivity contribution in [2.45, 2.75) is 0 Å². The summed E-state index contributed by atoms with van der Waals surface area (Å²) in [5.74, 6) is -0.603. The van der Waals surface area contributed by atoms with Gasteiger partial charge in [-0.15, -0.1) is 0 Å². The van der Waals surface area contributed by atoms with Gasteiger partial charge in [-0.25, -0.2) is 4.68 Å². The van der Waals surface area contributed by atoms with Crippen LogP contribution in [0.25, 0.3) is 5.69 Å². The van der Waals surface area contributed by atoms with Crippen LogP contribution in [0.1, 0.15) is 10.5 Å². The van der Waals surface area contributed by atoms with E-state index >= 15 is 0 Å². The molecule has 0 fully saturated rings. The Labute approximate surface area is 137 Å². The lowest BCUT2D eigenvalue weighted by molar-refractivity contribution is 0.101. The van der Waals surface area contributed by atoms with Gasteiger partial charge in [-0.2, -0.15) is 5.10 Å². The third kappa shape index (κ3) is 3.30. The molecule has 0 bridgehead atoms. The number of carbonyl (C=O) groups excluding carboxylic acids is 1. The van der Waals surface area contributed by atoms with Gasteiger partial charge in [0.2, 0.25) is 5.43 Å². The molecule has 0 saturated heterocycles. The number of hydrogen-bond acceptors (Lipinski definition) is 3. The second kappa shape index (κ2) is 6.46. The highest BCUT2D eigenvalue weighted by atomic mass is 35.5. The maximum atomic E-state index is 12.3. The van der Waals surface area contributed by atoms with E-state index in [1.165, 1.54) is 16.9 Å². The van der Waals surface area contributed by atoms with Crippen LogP contribution in [0.4, 0.5) is 5.69 Å². The Morgan fingerprint density at radius 1 is 1.00 bits per heavy atom. The third-order valence-corrected chi connectivity index (χ3v) is 3.50. The fourth-order valence-corrected chi connectivity index (χ4v) is 2.22. The average Bonchev–Trinajstić information content (AvgIpc) is 2.58. The molecule has 23 heavy (non-hydrogen) atoms. The van der Waals surface area contributed by atoms with Crippen molar-refractivity contribution < 1.29 is 4.79 Å². The SMILES string of the molecule is O=C(Nc1ccccc1Cl)c1nn(-c2ccccc2)ccc1=O. The first kappa shape index (κ1) is 15.0. The maximum absolute atomic E-state index is 12.3. The van der Waals surface area contributed by atoms with Crippen LogP contribution in [0.3, 0.4) is 0 Å². The van der Waals surface area contributed by atoms with Gasteiger partial charge in [-0.3, -0.25) is 9.59 Å². The predicted molar refractivity (Wildman–Crippen MR) is 89.2 cm³/mol. The van der Waals surface area contributed by atoms with Crippen molar-refractivity contribution >= 4 is 23.2 Å². The Morgan fingerprint density at radius 3 is 2.43 bits per heavy atom. The summed E-state index contributed by atoms with van der Waals surface area (Å²) in [7, 11) is 0. The van der Waals surface area contributed by atoms with E-state index in [4.69, 9.17) is 11.6 Å². The van der Waals surface area contributed by atoms with E-state index in [2.05, 4.69) is 10.4 Å². The van der Waals surface area contributed by atoms with E-state index in [0.717, 1.165) is 5.69 Å². The molecule has 0 saturated carbocycles. The molecular formula is C17H12ClN3O2. The van der Waals surface area contributed by atoms with Crippen LogP contribution in [0.15, 0.2) is 71.7 Å². The summed E-state index contributed by atoms with van der Waals surface area (Å²) in [6.45, 7) is 0. The highest BCUT2D eigenvalue weighted by Gasteiger charge is 2.14. The largest absolute Gasteiger partial charge is 0.319 e. The van der Waals surface area contributed by atoms with Gasteiger partial charge in [-0.05, 0) is 24.3 Å². The second-order valence-electron chi connectivity index (χ2n) is 4.74. The molecule has 1 aromatic heterocycles. The zero-order valence-electron chi connectivity index (χ0n) is 11.9. The van der Waals surface area contributed by atoms with Crippen LogP contribution in [0, 0.1) is 0 Å². The molecule has 3 aromatic rings. The van der Waals surface area contributed by atoms with Gasteiger partial charge in [0, 0.05) is 12.3 Å². The predicted octanol–water partition coefficient (Wildman–Crippen LogP) is 3.14. The fourth-order valence-electron chi connectivity index (χ4n) is 2.03. The molecule has 1 N–H and O–H groups in total. The van der Waals surface area contributed by atoms with E-state index in [1.54, 1.807) is 24.3 Å². The van der Waals surface area contributed by atoms with Gasteiger partial charge in [0.25, 0.3) is 5.91 Å². The fraction of sp³-hybridized carbons (Fsp3) is 0. The Kier molecular flexibility index (Phi) is 4.21. The van der Waals surface area contributed by atoms with Gasteiger partial charge >= 0.3 is 0 Å². The number of amides is 1. The standard InChI is InChI=1S/C17H12ClN3O2/c18-13-8-4-5-9-14(13)19-17(23)16-15(22)10-11-21(20-16)12-6-2-1-3-7-12/h1-11H,(H,19,23). The molecule has 0 aliphatic carbocycles. The quantitative estimate of drug-likeness (QED) is 0.804. The highest BCUT2D eigenvalue weighted by molar-refractivity contribution is 6.33. The minimum Gasteiger partial charge on any atom is -0.319 e. The average molecular weight is 326 g/mol. The van der Waals surface area contributed by atoms with Crippen molar-refractivity contribution in [3.63, 3.8) is 0 Å². The summed E-state index contributed by atoms with van der Waals surface area (Å²) in [6, 6.07) is 17.3. The van der Waals surface area contributed by atoms with Crippen molar-refractivity contribution in [1.82, 2.24) is 9.78 Å². The van der Waals surface area contributed by atoms with Gasteiger partial charge < -0.3 is 5.32 Å². The normalized spacial score (nSPS) is 10.3. The van der Waals surface area contributed by atoms with E-state index in [9.17, 15) is 9.59 Å². The molecule has 3 rings (SSSR count). The lowest BCUT2D eigenvalue weighted by atomic mass is 10.3. The van der Waals surface area contributed by atoms with E-state index in [1.807, 2.05) is 30.3 Å². The summed E-state index contributed by atoms with van der Waals surface area (Å²) in [5, 5.41) is 7.11. The number of rotatable bonds is 3. The number of aromatic nitrogens is 2. The summed E-state index contributed by atoms with van der Waals surface area (Å²) < 4.78 is 1.48. The van der Waals surface area contributed by atoms with Crippen molar-refractivity contribution in [2.75, 3.05) is 5.32 Å². The van der Waals surface area contributed by atoms with E-state index in [0.29, 0.717) is 10.7 Å². The summed E-state index contributed by atoms with van der Waals surface area (Å²) >= 11 is 6.00. The molecule has 0 unspecified atom stereocenters. The minimum atomic E-state index is -0.603. The van der Waals surface area contributed by atoms with Crippen LogP contribution < -0.4 is 10.7 Å². The number of nitrogens with zero attached hydrogens (tertiary/aromatic N) is 2. The molecule has 0 aliphatic heterocycles. The zero-order valence-corrected chi connectivity index (χ0v) is 12.7. The minimum absolute atomic E-state index is 0.198. The van der Waals surface area contributed by atoms with Crippen molar-refractivity contribution in [2.24, 2.45) is 0 Å². The Hall–Kier alpha value is -2.92. The molecule has 114 valence electrons. The number of anilines is 1. The number of nitrogens with one attached hydrogen (secondary N) is 1. The zero-order chi connectivity index (χ0) is 16.2. The number of halogens is 1. The van der Waals surface area contributed by atoms with Gasteiger partial charge in [0.15, 0.2) is 5.69 Å². The lowest BCUT2D eigenvalue weighted by Gasteiger charge is -2.08. The Bertz CT molecular complexity index is 907. The molecule has 1 amide bonds. The van der Waals surface area contributed by atoms with Crippen LogP contribution in [0.5, 0.6) is 0 Å². The van der Waals surface area contributed by atoms with E-state index in [-0.39, 0.29) is 5.69 Å². The van der Waals surface area contributed by atoms with Crippen molar-refractivity contribution in [3.05, 3.63) is 87.8 Å². The third-order valence-electron chi connectivity index (χ3n) is 3.17. The Balaban J connectivity index is 1.95. The van der Waals surface area contributed by atoms with Crippen molar-refractivity contribution in [1.29, 1.82) is 0 Å². The number of carbonyl (C=O) groups is 1. The van der Waals surface area contributed by atoms with Crippen LogP contribution in [0.2, 0.25) is 5.02 Å². The first-order valence-electron chi connectivity index (χ1n) is 6.86. The molecule has 0 atom stereocenters. The topological polar surface area (TPSA) is 64.0 Å². The Morgan fingerprint density at radius 2 is 1.70 bits per heavy atom. The molecular weight excluding hydrogens is 314 g/mol. The van der Waals surface area contributed by atoms with Gasteiger partial charge in [0.05, 0.1) is 16.4 Å². The molecule has 0 spiro atoms. The highest BCUT2D eigenvalue weighted by Crippen LogP contribution is 2.20. The number of benzene rings is 2. The monoisotopic (exact) mass is 325 g/mol. The van der Waals surface area contributed by atoms with Gasteiger partial charge in [0.1, 0.15) is 0 Å². The molecule has 1 heterocycles. The summed E-state index contributed by atoms with van der Waals surface area (Å²) in [4.78, 5) is 24.3. The molecule has 2 aromatic carbocycles. The first-order valence-corrected chi connectivity index (χ1v) is 7.24. The summed E-state index contributed by atoms with van der Waals surface area (Å²) in [6.07, 6.45) is 1.52. The van der Waals surface area contributed by atoms with E-state index < -0.39 is 11.3 Å². The molecule has 5 nitrogen and oxygen atoms in total. The first-order chi connectivity index (χ1) is 11.1. The second-order valence-corrected chi connectivity index (χ2v) is 5.15. The molecule has 0 aliphatic rings. The number of hydrogen-bond donors (Lipinski definition) is 1. The van der Waals surface area contributed by atoms with Crippen LogP contribution in [-0.2, 0) is 0 Å². The van der Waals surface area contributed by atoms with Crippen LogP contribution >= 0.6 is 11.6 Å².